The highest BCUT2D eigenvalue weighted by molar-refractivity contribution is 9.10. The van der Waals surface area contributed by atoms with Gasteiger partial charge in [0.15, 0.2) is 0 Å². The van der Waals surface area contributed by atoms with Gasteiger partial charge in [-0.25, -0.2) is 14.2 Å². The average molecular weight is 360 g/mol. The van der Waals surface area contributed by atoms with Gasteiger partial charge >= 0.3 is 5.97 Å². The molecule has 0 amide bonds. The number of halogens is 2. The molecule has 3 aromatic rings. The Morgan fingerprint density at radius 1 is 1.18 bits per heavy atom. The number of aromatic carboxylic acids is 1. The Kier molecular flexibility index (Phi) is 3.66. The molecule has 0 spiro atoms. The molecule has 1 heterocycles. The van der Waals surface area contributed by atoms with E-state index in [2.05, 4.69) is 20.9 Å². The molecule has 0 saturated heterocycles. The monoisotopic (exact) mass is 359 g/mol. The molecule has 0 fully saturated rings. The molecule has 0 radical (unpaired) electrons. The van der Waals surface area contributed by atoms with Gasteiger partial charge in [-0.3, -0.25) is 0 Å². The summed E-state index contributed by atoms with van der Waals surface area (Å²) in [6, 6.07) is 11.6. The van der Waals surface area contributed by atoms with Crippen LogP contribution < -0.4 is 0 Å². The minimum Gasteiger partial charge on any atom is -0.478 e. The minimum absolute atomic E-state index is 0.117. The van der Waals surface area contributed by atoms with Gasteiger partial charge in [-0.15, -0.1) is 0 Å². The molecule has 1 N–H and O–H groups in total. The number of hydrogen-bond acceptors (Lipinski definition) is 2. The first-order valence-electron chi connectivity index (χ1n) is 6.56. The predicted molar refractivity (Wildman–Crippen MR) is 86.5 cm³/mol. The van der Waals surface area contributed by atoms with Gasteiger partial charge in [-0.05, 0) is 37.3 Å². The molecule has 0 atom stereocenters. The van der Waals surface area contributed by atoms with Crippen LogP contribution in [0.25, 0.3) is 22.2 Å². The van der Waals surface area contributed by atoms with Crippen LogP contribution in [0.1, 0.15) is 15.9 Å². The van der Waals surface area contributed by atoms with Gasteiger partial charge in [0.2, 0.25) is 0 Å². The molecule has 2 aromatic carbocycles. The number of aryl methyl sites for hydroxylation is 1. The third-order valence-corrected chi connectivity index (χ3v) is 4.07. The molecule has 0 bridgehead atoms. The molecule has 0 unspecified atom stereocenters. The summed E-state index contributed by atoms with van der Waals surface area (Å²) in [6.45, 7) is 1.60. The van der Waals surface area contributed by atoms with E-state index in [-0.39, 0.29) is 5.56 Å². The van der Waals surface area contributed by atoms with Gasteiger partial charge in [0.25, 0.3) is 0 Å². The maximum Gasteiger partial charge on any atom is 0.336 e. The second kappa shape index (κ2) is 5.50. The van der Waals surface area contributed by atoms with E-state index in [0.29, 0.717) is 22.2 Å². The van der Waals surface area contributed by atoms with Gasteiger partial charge in [-0.2, -0.15) is 0 Å². The zero-order valence-corrected chi connectivity index (χ0v) is 13.2. The van der Waals surface area contributed by atoms with E-state index in [9.17, 15) is 14.3 Å². The SMILES string of the molecule is Cc1c(F)ccc2c(C(=O)O)cc(-c3ccc(Br)cc3)nc12. The highest BCUT2D eigenvalue weighted by atomic mass is 79.9. The Morgan fingerprint density at radius 3 is 2.50 bits per heavy atom. The van der Waals surface area contributed by atoms with Crippen LogP contribution in [0.3, 0.4) is 0 Å². The van der Waals surface area contributed by atoms with Crippen LogP contribution in [-0.2, 0) is 0 Å². The van der Waals surface area contributed by atoms with Crippen molar-refractivity contribution in [2.45, 2.75) is 6.92 Å². The maximum atomic E-state index is 13.8. The largest absolute Gasteiger partial charge is 0.478 e. The van der Waals surface area contributed by atoms with E-state index >= 15 is 0 Å². The maximum absolute atomic E-state index is 13.8. The molecule has 5 heteroatoms. The van der Waals surface area contributed by atoms with Crippen molar-refractivity contribution in [3.63, 3.8) is 0 Å². The van der Waals surface area contributed by atoms with E-state index in [1.165, 1.54) is 18.2 Å². The summed E-state index contributed by atoms with van der Waals surface area (Å²) in [5, 5.41) is 9.87. The average Bonchev–Trinajstić information content (AvgIpc) is 2.51. The number of hydrogen-bond donors (Lipinski definition) is 1. The minimum atomic E-state index is -1.06. The smallest absolute Gasteiger partial charge is 0.336 e. The van der Waals surface area contributed by atoms with E-state index in [0.717, 1.165) is 10.0 Å². The zero-order valence-electron chi connectivity index (χ0n) is 11.6. The highest BCUT2D eigenvalue weighted by Gasteiger charge is 2.15. The third-order valence-electron chi connectivity index (χ3n) is 3.54. The van der Waals surface area contributed by atoms with E-state index in [4.69, 9.17) is 0 Å². The fraction of sp³-hybridized carbons (Fsp3) is 0.0588. The summed E-state index contributed by atoms with van der Waals surface area (Å²) in [7, 11) is 0. The number of pyridine rings is 1. The molecule has 3 rings (SSSR count). The standard InChI is InChI=1S/C17H11BrFNO2/c1-9-14(19)7-6-12-13(17(21)22)8-15(20-16(9)12)10-2-4-11(18)5-3-10/h2-8H,1H3,(H,21,22). The lowest BCUT2D eigenvalue weighted by Gasteiger charge is -2.09. The first kappa shape index (κ1) is 14.7. The zero-order chi connectivity index (χ0) is 15.9. The first-order valence-corrected chi connectivity index (χ1v) is 7.36. The normalized spacial score (nSPS) is 10.9. The van der Waals surface area contributed by atoms with Crippen molar-refractivity contribution in [3.8, 4) is 11.3 Å². The summed E-state index contributed by atoms with van der Waals surface area (Å²) in [4.78, 5) is 16.0. The number of benzene rings is 2. The fourth-order valence-corrected chi connectivity index (χ4v) is 2.61. The summed E-state index contributed by atoms with van der Waals surface area (Å²) in [6.07, 6.45) is 0. The summed E-state index contributed by atoms with van der Waals surface area (Å²) in [5.74, 6) is -1.46. The second-order valence-corrected chi connectivity index (χ2v) is 5.85. The van der Waals surface area contributed by atoms with Crippen molar-refractivity contribution >= 4 is 32.8 Å². The molecule has 110 valence electrons. The van der Waals surface area contributed by atoms with Crippen LogP contribution in [0.4, 0.5) is 4.39 Å². The quantitative estimate of drug-likeness (QED) is 0.714. The molecule has 0 aliphatic rings. The van der Waals surface area contributed by atoms with Crippen LogP contribution in [0.15, 0.2) is 46.9 Å². The van der Waals surface area contributed by atoms with Crippen molar-refractivity contribution < 1.29 is 14.3 Å². The Balaban J connectivity index is 2.35. The van der Waals surface area contributed by atoms with Crippen molar-refractivity contribution in [3.05, 3.63) is 63.9 Å². The lowest BCUT2D eigenvalue weighted by Crippen LogP contribution is -2.02. The van der Waals surface area contributed by atoms with E-state index in [1.54, 1.807) is 6.92 Å². The molecule has 22 heavy (non-hydrogen) atoms. The molecular weight excluding hydrogens is 349 g/mol. The lowest BCUT2D eigenvalue weighted by atomic mass is 10.0. The fourth-order valence-electron chi connectivity index (χ4n) is 2.35. The van der Waals surface area contributed by atoms with Crippen LogP contribution in [0, 0.1) is 12.7 Å². The molecular formula is C17H11BrFNO2. The van der Waals surface area contributed by atoms with Crippen LogP contribution in [-0.4, -0.2) is 16.1 Å². The van der Waals surface area contributed by atoms with Crippen molar-refractivity contribution in [2.75, 3.05) is 0 Å². The number of carbonyl (C=O) groups is 1. The Morgan fingerprint density at radius 2 is 1.86 bits per heavy atom. The Labute approximate surface area is 134 Å². The third kappa shape index (κ3) is 2.48. The molecule has 0 aliphatic heterocycles. The molecule has 0 aliphatic carbocycles. The Bertz CT molecular complexity index is 891. The van der Waals surface area contributed by atoms with Crippen molar-refractivity contribution in [2.24, 2.45) is 0 Å². The molecule has 3 nitrogen and oxygen atoms in total. The second-order valence-electron chi connectivity index (χ2n) is 4.94. The van der Waals surface area contributed by atoms with Gasteiger partial charge in [-0.1, -0.05) is 28.1 Å². The van der Waals surface area contributed by atoms with Crippen molar-refractivity contribution in [1.82, 2.24) is 4.98 Å². The van der Waals surface area contributed by atoms with Crippen LogP contribution >= 0.6 is 15.9 Å². The van der Waals surface area contributed by atoms with Crippen LogP contribution in [0.2, 0.25) is 0 Å². The van der Waals surface area contributed by atoms with Gasteiger partial charge < -0.3 is 5.11 Å². The van der Waals surface area contributed by atoms with E-state index < -0.39 is 11.8 Å². The number of fused-ring (bicyclic) bond motifs is 1. The number of aromatic nitrogens is 1. The van der Waals surface area contributed by atoms with Gasteiger partial charge in [0.1, 0.15) is 5.82 Å². The number of nitrogens with zero attached hydrogens (tertiary/aromatic N) is 1. The number of rotatable bonds is 2. The topological polar surface area (TPSA) is 50.2 Å². The predicted octanol–water partition coefficient (Wildman–Crippen LogP) is 4.81. The lowest BCUT2D eigenvalue weighted by molar-refractivity contribution is 0.0699. The highest BCUT2D eigenvalue weighted by Crippen LogP contribution is 2.28. The van der Waals surface area contributed by atoms with Gasteiger partial charge in [0.05, 0.1) is 16.8 Å². The first-order chi connectivity index (χ1) is 10.5. The summed E-state index contributed by atoms with van der Waals surface area (Å²) in [5.41, 5.74) is 2.12. The number of carboxylic acids is 1. The summed E-state index contributed by atoms with van der Waals surface area (Å²) >= 11 is 3.35. The number of carboxylic acid groups (broad SMARTS) is 1. The summed E-state index contributed by atoms with van der Waals surface area (Å²) < 4.78 is 14.7. The molecule has 1 aromatic heterocycles. The van der Waals surface area contributed by atoms with E-state index in [1.807, 2.05) is 24.3 Å². The van der Waals surface area contributed by atoms with Crippen molar-refractivity contribution in [1.29, 1.82) is 0 Å². The Hall–Kier alpha value is -2.27. The molecule has 0 saturated carbocycles. The van der Waals surface area contributed by atoms with Gasteiger partial charge in [0, 0.05) is 21.0 Å². The van der Waals surface area contributed by atoms with Crippen LogP contribution in [0.5, 0.6) is 0 Å².